The van der Waals surface area contributed by atoms with Crippen molar-refractivity contribution in [1.82, 2.24) is 5.32 Å². The van der Waals surface area contributed by atoms with Crippen LogP contribution in [0.4, 0.5) is 5.69 Å². The zero-order valence-electron chi connectivity index (χ0n) is 10.6. The lowest BCUT2D eigenvalue weighted by Gasteiger charge is -2.28. The number of piperidine rings is 1. The van der Waals surface area contributed by atoms with Crippen LogP contribution in [0.5, 0.6) is 0 Å². The van der Waals surface area contributed by atoms with E-state index < -0.39 is 0 Å². The maximum Gasteiger partial charge on any atom is 0.243 e. The van der Waals surface area contributed by atoms with E-state index in [2.05, 4.69) is 5.32 Å². The molecule has 1 N–H and O–H groups in total. The minimum Gasteiger partial charge on any atom is -0.314 e. The molecule has 17 heavy (non-hydrogen) atoms. The third-order valence-electron chi connectivity index (χ3n) is 3.42. The highest BCUT2D eigenvalue weighted by Crippen LogP contribution is 2.20. The number of aryl methyl sites for hydroxylation is 1. The quantitative estimate of drug-likeness (QED) is 0.847. The van der Waals surface area contributed by atoms with Crippen LogP contribution in [0.3, 0.4) is 0 Å². The summed E-state index contributed by atoms with van der Waals surface area (Å²) in [4.78, 5) is 14.1. The van der Waals surface area contributed by atoms with Gasteiger partial charge in [0, 0.05) is 12.7 Å². The van der Waals surface area contributed by atoms with Gasteiger partial charge in [-0.25, -0.2) is 0 Å². The van der Waals surface area contributed by atoms with E-state index in [1.165, 1.54) is 6.42 Å². The number of nitrogens with zero attached hydrogens (tertiary/aromatic N) is 1. The number of hydrogen-bond acceptors (Lipinski definition) is 2. The van der Waals surface area contributed by atoms with Crippen molar-refractivity contribution in [3.63, 3.8) is 0 Å². The van der Waals surface area contributed by atoms with Crippen LogP contribution in [0.15, 0.2) is 24.3 Å². The minimum absolute atomic E-state index is 0.00615. The van der Waals surface area contributed by atoms with Crippen molar-refractivity contribution in [1.29, 1.82) is 0 Å². The van der Waals surface area contributed by atoms with Crippen molar-refractivity contribution in [2.75, 3.05) is 18.5 Å². The van der Waals surface area contributed by atoms with Gasteiger partial charge in [0.05, 0.1) is 6.04 Å². The summed E-state index contributed by atoms with van der Waals surface area (Å²) < 4.78 is 0. The highest BCUT2D eigenvalue weighted by atomic mass is 16.2. The van der Waals surface area contributed by atoms with Gasteiger partial charge in [0.25, 0.3) is 0 Å². The molecule has 0 spiro atoms. The Kier molecular flexibility index (Phi) is 3.79. The average Bonchev–Trinajstić information content (AvgIpc) is 2.39. The van der Waals surface area contributed by atoms with Gasteiger partial charge in [-0.2, -0.15) is 0 Å². The van der Waals surface area contributed by atoms with E-state index in [1.54, 1.807) is 4.90 Å². The Morgan fingerprint density at radius 3 is 2.76 bits per heavy atom. The summed E-state index contributed by atoms with van der Waals surface area (Å²) in [5.41, 5.74) is 2.14. The number of para-hydroxylation sites is 1. The number of amides is 1. The number of nitrogens with one attached hydrogen (secondary N) is 1. The fraction of sp³-hybridized carbons (Fsp3) is 0.500. The van der Waals surface area contributed by atoms with E-state index in [9.17, 15) is 4.79 Å². The molecular weight excluding hydrogens is 212 g/mol. The molecule has 1 heterocycles. The molecule has 3 nitrogen and oxygen atoms in total. The van der Waals surface area contributed by atoms with Crippen LogP contribution in [-0.4, -0.2) is 25.5 Å². The molecule has 0 aromatic heterocycles. The smallest absolute Gasteiger partial charge is 0.243 e. The van der Waals surface area contributed by atoms with Crippen LogP contribution < -0.4 is 10.2 Å². The van der Waals surface area contributed by atoms with Gasteiger partial charge in [0.15, 0.2) is 0 Å². The van der Waals surface area contributed by atoms with E-state index in [1.807, 2.05) is 38.2 Å². The first-order valence-corrected chi connectivity index (χ1v) is 6.27. The third-order valence-corrected chi connectivity index (χ3v) is 3.42. The SMILES string of the molecule is Cc1ccccc1N(C)C(=O)[C@@H]1CCCCN1. The van der Waals surface area contributed by atoms with Gasteiger partial charge >= 0.3 is 0 Å². The molecule has 1 aliphatic rings. The van der Waals surface area contributed by atoms with Gasteiger partial charge in [-0.3, -0.25) is 4.79 Å². The van der Waals surface area contributed by atoms with Crippen LogP contribution in [0.1, 0.15) is 24.8 Å². The third kappa shape index (κ3) is 2.67. The number of anilines is 1. The Morgan fingerprint density at radius 1 is 1.35 bits per heavy atom. The topological polar surface area (TPSA) is 32.3 Å². The second-order valence-electron chi connectivity index (χ2n) is 4.69. The normalized spacial score (nSPS) is 20.0. The number of carbonyl (C=O) groups excluding carboxylic acids is 1. The van der Waals surface area contributed by atoms with E-state index in [4.69, 9.17) is 0 Å². The second-order valence-corrected chi connectivity index (χ2v) is 4.69. The number of benzene rings is 1. The predicted molar refractivity (Wildman–Crippen MR) is 70.2 cm³/mol. The number of likely N-dealkylation sites (N-methyl/N-ethyl adjacent to an activating group) is 1. The van der Waals surface area contributed by atoms with Crippen molar-refractivity contribution in [3.05, 3.63) is 29.8 Å². The fourth-order valence-corrected chi connectivity index (χ4v) is 2.35. The Bertz CT molecular complexity index is 397. The van der Waals surface area contributed by atoms with Gasteiger partial charge in [0.2, 0.25) is 5.91 Å². The maximum absolute atomic E-state index is 12.3. The molecule has 1 aliphatic heterocycles. The summed E-state index contributed by atoms with van der Waals surface area (Å²) in [5, 5.41) is 3.30. The molecule has 0 bridgehead atoms. The fourth-order valence-electron chi connectivity index (χ4n) is 2.35. The summed E-state index contributed by atoms with van der Waals surface area (Å²) >= 11 is 0. The Labute approximate surface area is 103 Å². The van der Waals surface area contributed by atoms with Crippen molar-refractivity contribution in [2.45, 2.75) is 32.2 Å². The molecule has 1 fully saturated rings. The molecule has 0 saturated carbocycles. The molecule has 1 amide bonds. The predicted octanol–water partition coefficient (Wildman–Crippen LogP) is 2.10. The zero-order valence-corrected chi connectivity index (χ0v) is 10.6. The number of carbonyl (C=O) groups is 1. The van der Waals surface area contributed by atoms with E-state index in [0.717, 1.165) is 30.6 Å². The van der Waals surface area contributed by atoms with Crippen molar-refractivity contribution in [3.8, 4) is 0 Å². The Balaban J connectivity index is 2.11. The number of hydrogen-bond donors (Lipinski definition) is 1. The van der Waals surface area contributed by atoms with Gasteiger partial charge in [-0.15, -0.1) is 0 Å². The zero-order chi connectivity index (χ0) is 12.3. The van der Waals surface area contributed by atoms with Crippen molar-refractivity contribution in [2.24, 2.45) is 0 Å². The molecule has 0 unspecified atom stereocenters. The van der Waals surface area contributed by atoms with Crippen molar-refractivity contribution < 1.29 is 4.79 Å². The van der Waals surface area contributed by atoms with Gasteiger partial charge in [-0.05, 0) is 37.9 Å². The molecule has 1 aromatic carbocycles. The van der Waals surface area contributed by atoms with Gasteiger partial charge in [-0.1, -0.05) is 24.6 Å². The molecule has 2 rings (SSSR count). The highest BCUT2D eigenvalue weighted by Gasteiger charge is 2.24. The molecule has 1 saturated heterocycles. The van der Waals surface area contributed by atoms with Crippen molar-refractivity contribution >= 4 is 11.6 Å². The summed E-state index contributed by atoms with van der Waals surface area (Å²) in [6.45, 7) is 2.99. The van der Waals surface area contributed by atoms with Crippen LogP contribution in [0, 0.1) is 6.92 Å². The first-order chi connectivity index (χ1) is 8.20. The largest absolute Gasteiger partial charge is 0.314 e. The summed E-state index contributed by atoms with van der Waals surface area (Å²) in [7, 11) is 1.86. The maximum atomic E-state index is 12.3. The molecule has 0 radical (unpaired) electrons. The average molecular weight is 232 g/mol. The van der Waals surface area contributed by atoms with Gasteiger partial charge in [0.1, 0.15) is 0 Å². The molecule has 0 aliphatic carbocycles. The molecule has 92 valence electrons. The Hall–Kier alpha value is -1.35. The molecular formula is C14H20N2O. The van der Waals surface area contributed by atoms with Crippen LogP contribution in [-0.2, 0) is 4.79 Å². The second kappa shape index (κ2) is 5.32. The minimum atomic E-state index is -0.00615. The van der Waals surface area contributed by atoms with Gasteiger partial charge < -0.3 is 10.2 Å². The van der Waals surface area contributed by atoms with E-state index >= 15 is 0 Å². The van der Waals surface area contributed by atoms with E-state index in [0.29, 0.717) is 0 Å². The lowest BCUT2D eigenvalue weighted by Crippen LogP contribution is -2.47. The molecule has 3 heteroatoms. The Morgan fingerprint density at radius 2 is 2.12 bits per heavy atom. The van der Waals surface area contributed by atoms with Crippen LogP contribution in [0.2, 0.25) is 0 Å². The standard InChI is InChI=1S/C14H20N2O/c1-11-7-3-4-9-13(11)16(2)14(17)12-8-5-6-10-15-12/h3-4,7,9,12,15H,5-6,8,10H2,1-2H3/t12-/m0/s1. The monoisotopic (exact) mass is 232 g/mol. The first-order valence-electron chi connectivity index (χ1n) is 6.27. The molecule has 1 aromatic rings. The summed E-state index contributed by atoms with van der Waals surface area (Å²) in [5.74, 6) is 0.180. The highest BCUT2D eigenvalue weighted by molar-refractivity contribution is 5.97. The lowest BCUT2D eigenvalue weighted by atomic mass is 10.0. The first kappa shape index (κ1) is 12.1. The molecule has 1 atom stereocenters. The van der Waals surface area contributed by atoms with Crippen LogP contribution >= 0.6 is 0 Å². The summed E-state index contributed by atoms with van der Waals surface area (Å²) in [6.07, 6.45) is 3.28. The van der Waals surface area contributed by atoms with E-state index in [-0.39, 0.29) is 11.9 Å². The summed E-state index contributed by atoms with van der Waals surface area (Å²) in [6, 6.07) is 7.99. The number of rotatable bonds is 2. The lowest BCUT2D eigenvalue weighted by molar-refractivity contribution is -0.120. The van der Waals surface area contributed by atoms with Crippen LogP contribution in [0.25, 0.3) is 0 Å².